The molecule has 0 heterocycles. The molecule has 6 nitrogen and oxygen atoms in total. The highest BCUT2D eigenvalue weighted by Crippen LogP contribution is 2.13. The summed E-state index contributed by atoms with van der Waals surface area (Å²) >= 11 is 0. The number of ether oxygens (including phenoxy) is 1. The van der Waals surface area contributed by atoms with E-state index in [4.69, 9.17) is 4.74 Å². The largest absolute Gasteiger partial charge is 0.497 e. The Labute approximate surface area is 120 Å². The Balaban J connectivity index is 2.83. The third-order valence-electron chi connectivity index (χ3n) is 2.91. The van der Waals surface area contributed by atoms with Gasteiger partial charge in [-0.15, -0.1) is 0 Å². The molecule has 0 aliphatic heterocycles. The van der Waals surface area contributed by atoms with Crippen LogP contribution in [0, 0.1) is 0 Å². The van der Waals surface area contributed by atoms with E-state index in [0.717, 1.165) is 0 Å². The van der Waals surface area contributed by atoms with Gasteiger partial charge in [-0.25, -0.2) is 8.42 Å². The van der Waals surface area contributed by atoms with Crippen LogP contribution in [0.3, 0.4) is 0 Å². The Kier molecular flexibility index (Phi) is 6.00. The summed E-state index contributed by atoms with van der Waals surface area (Å²) in [5, 5.41) is 18.7. The van der Waals surface area contributed by atoms with Crippen LogP contribution in [0.4, 0.5) is 0 Å². The van der Waals surface area contributed by atoms with Crippen molar-refractivity contribution in [2.75, 3.05) is 32.7 Å². The zero-order valence-electron chi connectivity index (χ0n) is 11.9. The van der Waals surface area contributed by atoms with E-state index in [0.29, 0.717) is 29.9 Å². The second-order valence-electron chi connectivity index (χ2n) is 4.81. The molecule has 2 N–H and O–H groups in total. The van der Waals surface area contributed by atoms with Crippen LogP contribution in [0.5, 0.6) is 5.75 Å². The minimum atomic E-state index is -3.02. The quantitative estimate of drug-likeness (QED) is 0.619. The van der Waals surface area contributed by atoms with E-state index in [9.17, 15) is 18.5 Å². The third-order valence-corrected chi connectivity index (χ3v) is 3.84. The molecule has 0 bridgehead atoms. The van der Waals surface area contributed by atoms with Crippen molar-refractivity contribution >= 4 is 22.4 Å². The summed E-state index contributed by atoms with van der Waals surface area (Å²) in [6.45, 7) is 0.774. The summed E-state index contributed by atoms with van der Waals surface area (Å²) < 4.78 is 27.4. The fourth-order valence-corrected chi connectivity index (χ4v) is 2.43. The maximum atomic E-state index is 11.1. The predicted octanol–water partition coefficient (Wildman–Crippen LogP) is -1.15. The van der Waals surface area contributed by atoms with Crippen molar-refractivity contribution in [2.24, 2.45) is 0 Å². The molecule has 0 spiro atoms. The first-order chi connectivity index (χ1) is 9.23. The van der Waals surface area contributed by atoms with Crippen molar-refractivity contribution < 1.29 is 23.2 Å². The molecule has 0 aliphatic carbocycles. The van der Waals surface area contributed by atoms with Gasteiger partial charge in [-0.2, -0.15) is 0 Å². The lowest BCUT2D eigenvalue weighted by Gasteiger charge is -2.19. The molecular formula is C12H20BNO5S. The van der Waals surface area contributed by atoms with Gasteiger partial charge in [-0.05, 0) is 30.2 Å². The molecule has 20 heavy (non-hydrogen) atoms. The maximum Gasteiger partial charge on any atom is 0.488 e. The highest BCUT2D eigenvalue weighted by atomic mass is 32.2. The molecular weight excluding hydrogens is 281 g/mol. The summed E-state index contributed by atoms with van der Waals surface area (Å²) in [5.41, 5.74) is 1.08. The van der Waals surface area contributed by atoms with Crippen molar-refractivity contribution in [3.05, 3.63) is 23.8 Å². The molecule has 0 aromatic heterocycles. The smallest absolute Gasteiger partial charge is 0.488 e. The number of methoxy groups -OCH3 is 1. The van der Waals surface area contributed by atoms with Crippen molar-refractivity contribution in [1.29, 1.82) is 0 Å². The lowest BCUT2D eigenvalue weighted by molar-refractivity contribution is 0.344. The Morgan fingerprint density at radius 1 is 1.35 bits per heavy atom. The van der Waals surface area contributed by atoms with E-state index < -0.39 is 17.0 Å². The standard InChI is InChI=1S/C12H20BNO5S/c1-14(6-7-20(3,17)18)9-10-8-11(19-2)4-5-12(10)13(15)16/h4-5,8,15-16H,6-7,9H2,1-3H3. The SMILES string of the molecule is COc1ccc(B(O)O)c(CN(C)CCS(C)(=O)=O)c1. The molecule has 112 valence electrons. The minimum Gasteiger partial charge on any atom is -0.497 e. The van der Waals surface area contributed by atoms with Crippen LogP contribution >= 0.6 is 0 Å². The van der Waals surface area contributed by atoms with Crippen LogP contribution in [0.1, 0.15) is 5.56 Å². The molecule has 0 atom stereocenters. The van der Waals surface area contributed by atoms with E-state index in [1.807, 2.05) is 4.90 Å². The second-order valence-corrected chi connectivity index (χ2v) is 7.07. The van der Waals surface area contributed by atoms with Gasteiger partial charge in [0.15, 0.2) is 0 Å². The van der Waals surface area contributed by atoms with Crippen LogP contribution in [0.25, 0.3) is 0 Å². The van der Waals surface area contributed by atoms with Crippen LogP contribution in [0.2, 0.25) is 0 Å². The van der Waals surface area contributed by atoms with E-state index >= 15 is 0 Å². The maximum absolute atomic E-state index is 11.1. The normalized spacial score (nSPS) is 11.7. The molecule has 0 saturated carbocycles. The molecule has 0 saturated heterocycles. The van der Waals surface area contributed by atoms with E-state index in [1.165, 1.54) is 13.4 Å². The van der Waals surface area contributed by atoms with Crippen LogP contribution in [-0.4, -0.2) is 63.2 Å². The molecule has 1 rings (SSSR count). The number of benzene rings is 1. The summed E-state index contributed by atoms with van der Waals surface area (Å²) in [4.78, 5) is 1.81. The number of hydrogen-bond donors (Lipinski definition) is 2. The van der Waals surface area contributed by atoms with E-state index in [2.05, 4.69) is 0 Å². The van der Waals surface area contributed by atoms with Gasteiger partial charge in [0.2, 0.25) is 0 Å². The van der Waals surface area contributed by atoms with E-state index in [-0.39, 0.29) is 5.75 Å². The molecule has 1 aromatic rings. The van der Waals surface area contributed by atoms with Crippen molar-refractivity contribution in [2.45, 2.75) is 6.54 Å². The molecule has 0 amide bonds. The summed E-state index contributed by atoms with van der Waals surface area (Å²) in [7, 11) is -1.28. The highest BCUT2D eigenvalue weighted by Gasteiger charge is 2.18. The van der Waals surface area contributed by atoms with Gasteiger partial charge in [0, 0.05) is 19.3 Å². The average molecular weight is 301 g/mol. The number of rotatable bonds is 7. The van der Waals surface area contributed by atoms with Crippen molar-refractivity contribution in [1.82, 2.24) is 4.90 Å². The lowest BCUT2D eigenvalue weighted by atomic mass is 9.77. The van der Waals surface area contributed by atoms with Crippen LogP contribution < -0.4 is 10.2 Å². The number of nitrogens with zero attached hydrogens (tertiary/aromatic N) is 1. The Hall–Kier alpha value is -1.09. The summed E-state index contributed by atoms with van der Waals surface area (Å²) in [6.07, 6.45) is 1.19. The van der Waals surface area contributed by atoms with Crippen molar-refractivity contribution in [3.63, 3.8) is 0 Å². The van der Waals surface area contributed by atoms with Gasteiger partial charge in [-0.1, -0.05) is 6.07 Å². The molecule has 0 fully saturated rings. The number of sulfone groups is 1. The summed E-state index contributed by atoms with van der Waals surface area (Å²) in [5.74, 6) is 0.672. The topological polar surface area (TPSA) is 87.1 Å². The first-order valence-electron chi connectivity index (χ1n) is 6.12. The average Bonchev–Trinajstić information content (AvgIpc) is 2.35. The molecule has 1 aromatic carbocycles. The zero-order valence-corrected chi connectivity index (χ0v) is 12.7. The Morgan fingerprint density at radius 2 is 2.00 bits per heavy atom. The zero-order chi connectivity index (χ0) is 15.3. The van der Waals surface area contributed by atoms with Gasteiger partial charge < -0.3 is 19.7 Å². The Bertz CT molecular complexity index is 547. The molecule has 0 aliphatic rings. The Morgan fingerprint density at radius 3 is 2.50 bits per heavy atom. The summed E-state index contributed by atoms with van der Waals surface area (Å²) in [6, 6.07) is 4.95. The first-order valence-corrected chi connectivity index (χ1v) is 8.18. The fraction of sp³-hybridized carbons (Fsp3) is 0.500. The molecule has 0 unspecified atom stereocenters. The number of hydrogen-bond acceptors (Lipinski definition) is 6. The van der Waals surface area contributed by atoms with Gasteiger partial charge in [0.05, 0.1) is 12.9 Å². The fourth-order valence-electron chi connectivity index (χ4n) is 1.79. The van der Waals surface area contributed by atoms with E-state index in [1.54, 1.807) is 25.2 Å². The predicted molar refractivity (Wildman–Crippen MR) is 78.9 cm³/mol. The molecule has 8 heteroatoms. The van der Waals surface area contributed by atoms with Gasteiger partial charge in [0.25, 0.3) is 0 Å². The molecule has 0 radical (unpaired) electrons. The van der Waals surface area contributed by atoms with Crippen LogP contribution in [0.15, 0.2) is 18.2 Å². The van der Waals surface area contributed by atoms with Crippen LogP contribution in [-0.2, 0) is 16.4 Å². The van der Waals surface area contributed by atoms with Gasteiger partial charge >= 0.3 is 7.12 Å². The van der Waals surface area contributed by atoms with Crippen molar-refractivity contribution in [3.8, 4) is 5.75 Å². The van der Waals surface area contributed by atoms with Gasteiger partial charge in [-0.3, -0.25) is 0 Å². The first kappa shape index (κ1) is 17.0. The van der Waals surface area contributed by atoms with Gasteiger partial charge in [0.1, 0.15) is 15.6 Å². The minimum absolute atomic E-state index is 0.0600. The highest BCUT2D eigenvalue weighted by molar-refractivity contribution is 7.90. The third kappa shape index (κ3) is 5.50. The second kappa shape index (κ2) is 7.08. The monoisotopic (exact) mass is 301 g/mol. The lowest BCUT2D eigenvalue weighted by Crippen LogP contribution is -2.36.